The first-order valence-corrected chi connectivity index (χ1v) is 20.9. The minimum atomic E-state index is -4.01. The number of halogens is 2. The van der Waals surface area contributed by atoms with Gasteiger partial charge in [0.1, 0.15) is 34.5 Å². The molecule has 312 valence electrons. The number of aromatic carboxylic acids is 2. The Morgan fingerprint density at radius 2 is 0.883 bits per heavy atom. The zero-order valence-corrected chi connectivity index (χ0v) is 33.9. The molecule has 4 N–H and O–H groups in total. The largest absolute Gasteiger partial charge is 0.481 e. The van der Waals surface area contributed by atoms with Gasteiger partial charge in [0, 0.05) is 12.1 Å². The number of carboxylic acids is 2. The molecule has 0 amide bonds. The summed E-state index contributed by atoms with van der Waals surface area (Å²) in [4.78, 5) is 47.5. The highest BCUT2D eigenvalue weighted by Gasteiger charge is 2.24. The van der Waals surface area contributed by atoms with E-state index in [-0.39, 0.29) is 44.6 Å². The predicted octanol–water partition coefficient (Wildman–Crippen LogP) is 6.10. The molecule has 16 nitrogen and oxygen atoms in total. The van der Waals surface area contributed by atoms with Gasteiger partial charge in [0.25, 0.3) is 11.5 Å². The number of carbonyl (C=O) groups is 2. The highest BCUT2D eigenvalue weighted by Crippen LogP contribution is 2.23. The van der Waals surface area contributed by atoms with Crippen LogP contribution in [0.4, 0.5) is 0 Å². The maximum absolute atomic E-state index is 12.4. The van der Waals surface area contributed by atoms with Crippen LogP contribution in [-0.4, -0.2) is 39.0 Å². The van der Waals surface area contributed by atoms with E-state index >= 15 is 0 Å². The lowest BCUT2D eigenvalue weighted by atomic mass is 10.2. The Hall–Kier alpha value is -6.28. The van der Waals surface area contributed by atoms with Gasteiger partial charge in [0.2, 0.25) is 42.4 Å². The molecule has 0 atom stereocenters. The Bertz CT molecular complexity index is 2640. The molecule has 2 heterocycles. The number of carboxylic acid groups (broad SMARTS) is 2. The molecular formula is C40H32Cl2N2O14S2. The lowest BCUT2D eigenvalue weighted by molar-refractivity contribution is 0.0637. The van der Waals surface area contributed by atoms with Crippen molar-refractivity contribution < 1.29 is 54.9 Å². The van der Waals surface area contributed by atoms with Gasteiger partial charge in [-0.05, 0) is 35.4 Å². The SMILES string of the molecule is O=C(O)c1oc(CNS(=O)(=O)c2ccccc2Cl)cc(=O)c1OCc1ccccc1.O=C(O)c1oc(CNS(=O)(=O)c2ccccc2Cl)cc(=O)c1OCc1ccccc1. The van der Waals surface area contributed by atoms with Crippen LogP contribution in [-0.2, 0) is 46.3 Å². The van der Waals surface area contributed by atoms with Gasteiger partial charge in [0.15, 0.2) is 0 Å². The lowest BCUT2D eigenvalue weighted by Gasteiger charge is -2.11. The number of ether oxygens (including phenoxy) is 2. The average Bonchev–Trinajstić information content (AvgIpc) is 3.22. The molecule has 2 aromatic heterocycles. The van der Waals surface area contributed by atoms with Gasteiger partial charge < -0.3 is 28.5 Å². The van der Waals surface area contributed by atoms with Gasteiger partial charge in [-0.25, -0.2) is 35.9 Å². The first-order valence-electron chi connectivity index (χ1n) is 17.2. The smallest absolute Gasteiger partial charge is 0.375 e. The van der Waals surface area contributed by atoms with Gasteiger partial charge in [0.05, 0.1) is 23.1 Å². The summed E-state index contributed by atoms with van der Waals surface area (Å²) >= 11 is 11.8. The minimum absolute atomic E-state index is 0.0161. The minimum Gasteiger partial charge on any atom is -0.481 e. The first-order chi connectivity index (χ1) is 28.6. The second kappa shape index (κ2) is 20.1. The summed E-state index contributed by atoms with van der Waals surface area (Å²) in [5.74, 6) is -5.80. The van der Waals surface area contributed by atoms with Gasteiger partial charge in [-0.3, -0.25) is 9.59 Å². The Balaban J connectivity index is 0.000000228. The first kappa shape index (κ1) is 44.8. The quantitative estimate of drug-likeness (QED) is 0.0858. The molecule has 0 aliphatic rings. The molecule has 0 aliphatic carbocycles. The number of hydrogen-bond acceptors (Lipinski definition) is 12. The van der Waals surface area contributed by atoms with Crippen LogP contribution in [0.15, 0.2) is 150 Å². The van der Waals surface area contributed by atoms with Crippen LogP contribution < -0.4 is 29.8 Å². The molecule has 0 fully saturated rings. The molecule has 0 aliphatic heterocycles. The normalized spacial score (nSPS) is 11.2. The van der Waals surface area contributed by atoms with Crippen LogP contribution in [0.3, 0.4) is 0 Å². The third-order valence-corrected chi connectivity index (χ3v) is 11.7. The van der Waals surface area contributed by atoms with Crippen LogP contribution in [0.2, 0.25) is 10.0 Å². The summed E-state index contributed by atoms with van der Waals surface area (Å²) in [6.07, 6.45) is 0. The van der Waals surface area contributed by atoms with E-state index in [0.29, 0.717) is 0 Å². The van der Waals surface area contributed by atoms with Crippen LogP contribution in [0.5, 0.6) is 11.5 Å². The molecule has 0 unspecified atom stereocenters. The summed E-state index contributed by atoms with van der Waals surface area (Å²) in [5, 5.41) is 18.8. The fourth-order valence-corrected chi connectivity index (χ4v) is 8.08. The monoisotopic (exact) mass is 898 g/mol. The molecule has 4 aromatic carbocycles. The second-order valence-corrected chi connectivity index (χ2v) is 16.4. The standard InChI is InChI=1S/2C20H16ClNO7S/c2*21-15-8-4-5-9-17(15)30(26,27)22-11-14-10-16(23)18(19(29-14)20(24)25)28-12-13-6-2-1-3-7-13/h2*1-10,22H,11-12H2,(H,24,25). The van der Waals surface area contributed by atoms with Crippen molar-refractivity contribution in [3.63, 3.8) is 0 Å². The van der Waals surface area contributed by atoms with E-state index < -0.39 is 79.0 Å². The van der Waals surface area contributed by atoms with E-state index in [1.165, 1.54) is 36.4 Å². The Labute approximate surface area is 351 Å². The third kappa shape index (κ3) is 11.9. The Morgan fingerprint density at radius 3 is 1.22 bits per heavy atom. The van der Waals surface area contributed by atoms with Crippen molar-refractivity contribution in [1.82, 2.24) is 9.44 Å². The predicted molar refractivity (Wildman–Crippen MR) is 216 cm³/mol. The van der Waals surface area contributed by atoms with Crippen LogP contribution >= 0.6 is 23.2 Å². The Morgan fingerprint density at radius 1 is 0.550 bits per heavy atom. The summed E-state index contributed by atoms with van der Waals surface area (Å²) in [6, 6.07) is 31.2. The highest BCUT2D eigenvalue weighted by molar-refractivity contribution is 7.89. The molecule has 20 heteroatoms. The van der Waals surface area contributed by atoms with Crippen molar-refractivity contribution in [3.8, 4) is 11.5 Å². The maximum atomic E-state index is 12.4. The van der Waals surface area contributed by atoms with Crippen molar-refractivity contribution in [3.05, 3.63) is 186 Å². The Kier molecular flexibility index (Phi) is 15.0. The molecule has 0 bridgehead atoms. The zero-order valence-electron chi connectivity index (χ0n) is 30.7. The van der Waals surface area contributed by atoms with Crippen LogP contribution in [0.25, 0.3) is 0 Å². The average molecular weight is 900 g/mol. The molecule has 0 spiro atoms. The van der Waals surface area contributed by atoms with E-state index in [0.717, 1.165) is 23.3 Å². The summed E-state index contributed by atoms with van der Waals surface area (Å²) in [7, 11) is -8.03. The van der Waals surface area contributed by atoms with Crippen LogP contribution in [0.1, 0.15) is 43.8 Å². The molecule has 0 saturated heterocycles. The fourth-order valence-electron chi connectivity index (χ4n) is 5.06. The number of rotatable bonds is 16. The van der Waals surface area contributed by atoms with Crippen molar-refractivity contribution in [2.75, 3.05) is 0 Å². The molecular weight excluding hydrogens is 867 g/mol. The van der Waals surface area contributed by atoms with Gasteiger partial charge in [-0.2, -0.15) is 0 Å². The van der Waals surface area contributed by atoms with Crippen LogP contribution in [0, 0.1) is 0 Å². The summed E-state index contributed by atoms with van der Waals surface area (Å²) < 4.78 is 75.2. The molecule has 60 heavy (non-hydrogen) atoms. The number of nitrogens with one attached hydrogen (secondary N) is 2. The van der Waals surface area contributed by atoms with E-state index in [1.54, 1.807) is 72.8 Å². The number of sulfonamides is 2. The lowest BCUT2D eigenvalue weighted by Crippen LogP contribution is -2.24. The van der Waals surface area contributed by atoms with E-state index in [2.05, 4.69) is 9.44 Å². The number of benzene rings is 4. The maximum Gasteiger partial charge on any atom is 0.375 e. The molecule has 0 saturated carbocycles. The van der Waals surface area contributed by atoms with E-state index in [1.807, 2.05) is 0 Å². The van der Waals surface area contributed by atoms with Crippen molar-refractivity contribution >= 4 is 55.2 Å². The summed E-state index contributed by atoms with van der Waals surface area (Å²) in [5.41, 5.74) is -0.0438. The molecule has 0 radical (unpaired) electrons. The van der Waals surface area contributed by atoms with E-state index in [9.17, 15) is 46.2 Å². The second-order valence-electron chi connectivity index (χ2n) is 12.1. The van der Waals surface area contributed by atoms with Crippen molar-refractivity contribution in [2.45, 2.75) is 36.1 Å². The molecule has 6 rings (SSSR count). The van der Waals surface area contributed by atoms with E-state index in [4.69, 9.17) is 41.5 Å². The highest BCUT2D eigenvalue weighted by atomic mass is 35.5. The van der Waals surface area contributed by atoms with Crippen molar-refractivity contribution in [2.24, 2.45) is 0 Å². The summed E-state index contributed by atoms with van der Waals surface area (Å²) in [6.45, 7) is -0.987. The number of hydrogen-bond donors (Lipinski definition) is 4. The molecule has 6 aromatic rings. The van der Waals surface area contributed by atoms with Gasteiger partial charge in [-0.15, -0.1) is 0 Å². The topological polar surface area (TPSA) is 246 Å². The van der Waals surface area contributed by atoms with Gasteiger partial charge in [-0.1, -0.05) is 108 Å². The van der Waals surface area contributed by atoms with Gasteiger partial charge >= 0.3 is 11.9 Å². The fraction of sp³-hybridized carbons (Fsp3) is 0.100. The third-order valence-electron chi connectivity index (χ3n) is 7.88. The zero-order chi connectivity index (χ0) is 43.5. The van der Waals surface area contributed by atoms with Crippen molar-refractivity contribution in [1.29, 1.82) is 0 Å².